The Morgan fingerprint density at radius 3 is 2.91 bits per heavy atom. The number of nitrogens with two attached hydrogens (primary N) is 1. The van der Waals surface area contributed by atoms with Crippen LogP contribution in [0.25, 0.3) is 0 Å². The zero-order valence-electron chi connectivity index (χ0n) is 19.4. The molecule has 0 unspecified atom stereocenters. The maximum atomic E-state index is 12.5. The van der Waals surface area contributed by atoms with Gasteiger partial charge in [0.2, 0.25) is 11.0 Å². The van der Waals surface area contributed by atoms with Gasteiger partial charge >= 0.3 is 6.09 Å². The fourth-order valence-corrected chi connectivity index (χ4v) is 4.66. The van der Waals surface area contributed by atoms with Gasteiger partial charge < -0.3 is 24.7 Å². The zero-order chi connectivity index (χ0) is 24.2. The number of hydrogen-bond acceptors (Lipinski definition) is 12. The Labute approximate surface area is 206 Å². The molecule has 12 nitrogen and oxygen atoms in total. The number of benzene rings is 1. The van der Waals surface area contributed by atoms with Gasteiger partial charge in [-0.2, -0.15) is 0 Å². The van der Waals surface area contributed by atoms with E-state index in [1.165, 1.54) is 6.20 Å². The first-order valence-corrected chi connectivity index (χ1v) is 12.2. The summed E-state index contributed by atoms with van der Waals surface area (Å²) in [5.74, 6) is 2.10. The third kappa shape index (κ3) is 5.16. The van der Waals surface area contributed by atoms with E-state index >= 15 is 0 Å². The summed E-state index contributed by atoms with van der Waals surface area (Å²) in [5, 5.41) is 3.31. The first-order valence-electron chi connectivity index (χ1n) is 11.4. The molecule has 0 bridgehead atoms. The Kier molecular flexibility index (Phi) is 6.97. The van der Waals surface area contributed by atoms with Gasteiger partial charge in [-0.15, -0.1) is 0 Å². The van der Waals surface area contributed by atoms with Crippen molar-refractivity contribution in [3.05, 3.63) is 23.9 Å². The lowest BCUT2D eigenvalue weighted by Crippen LogP contribution is -2.48. The molecular formula is C22H27N7O5S. The van der Waals surface area contributed by atoms with Gasteiger partial charge in [0.25, 0.3) is 0 Å². The second-order valence-corrected chi connectivity index (χ2v) is 9.00. The van der Waals surface area contributed by atoms with Crippen molar-refractivity contribution in [2.45, 2.75) is 6.42 Å². The third-order valence-electron chi connectivity index (χ3n) is 5.74. The van der Waals surface area contributed by atoms with E-state index in [9.17, 15) is 4.79 Å². The van der Waals surface area contributed by atoms with Crippen LogP contribution in [0, 0.1) is 0 Å². The Hall–Kier alpha value is -3.42. The van der Waals surface area contributed by atoms with Gasteiger partial charge in [0, 0.05) is 31.7 Å². The van der Waals surface area contributed by atoms with Crippen LogP contribution < -0.4 is 25.3 Å². The molecule has 5 rings (SSSR count). The number of aromatic nitrogens is 1. The summed E-state index contributed by atoms with van der Waals surface area (Å²) in [7, 11) is 1.57. The number of morpholine rings is 1. The lowest BCUT2D eigenvalue weighted by Gasteiger charge is -2.28. The van der Waals surface area contributed by atoms with Crippen LogP contribution in [-0.4, -0.2) is 92.3 Å². The van der Waals surface area contributed by atoms with Gasteiger partial charge in [0.1, 0.15) is 11.5 Å². The molecule has 13 heteroatoms. The van der Waals surface area contributed by atoms with E-state index in [-0.39, 0.29) is 5.06 Å². The number of thiazole rings is 1. The van der Waals surface area contributed by atoms with Crippen LogP contribution in [0.5, 0.6) is 16.6 Å². The average molecular weight is 502 g/mol. The fraction of sp³-hybridized carbons (Fsp3) is 0.455. The van der Waals surface area contributed by atoms with Crippen LogP contribution >= 0.6 is 11.3 Å². The molecule has 3 aliphatic heterocycles. The average Bonchev–Trinajstić information content (AvgIpc) is 3.51. The molecule has 0 radical (unpaired) electrons. The first-order chi connectivity index (χ1) is 17.1. The molecule has 0 aliphatic carbocycles. The highest BCUT2D eigenvalue weighted by molar-refractivity contribution is 7.17. The predicted molar refractivity (Wildman–Crippen MR) is 131 cm³/mol. The summed E-state index contributed by atoms with van der Waals surface area (Å²) in [6.07, 6.45) is 1.58. The molecule has 0 spiro atoms. The van der Waals surface area contributed by atoms with E-state index in [0.29, 0.717) is 53.8 Å². The van der Waals surface area contributed by atoms with Crippen LogP contribution in [0.3, 0.4) is 0 Å². The number of aliphatic imine (C=N–C) groups is 2. The lowest BCUT2D eigenvalue weighted by molar-refractivity contribution is 0.0357. The summed E-state index contributed by atoms with van der Waals surface area (Å²) in [4.78, 5) is 29.9. The Morgan fingerprint density at radius 2 is 2.14 bits per heavy atom. The summed E-state index contributed by atoms with van der Waals surface area (Å²) in [6, 6.07) is 3.80. The molecule has 1 aromatic carbocycles. The number of hydrogen-bond donors (Lipinski definition) is 2. The van der Waals surface area contributed by atoms with Crippen molar-refractivity contribution in [2.75, 3.05) is 65.4 Å². The number of ether oxygens (including phenoxy) is 4. The minimum absolute atomic E-state index is 0.289. The number of nitrogens with one attached hydrogen (secondary N) is 1. The molecule has 1 fully saturated rings. The van der Waals surface area contributed by atoms with Crippen LogP contribution in [0.2, 0.25) is 0 Å². The number of methoxy groups -OCH3 is 1. The highest BCUT2D eigenvalue weighted by Gasteiger charge is 2.33. The fourth-order valence-electron chi connectivity index (χ4n) is 4.12. The van der Waals surface area contributed by atoms with E-state index in [1.54, 1.807) is 7.11 Å². The van der Waals surface area contributed by atoms with Gasteiger partial charge in [-0.25, -0.2) is 14.8 Å². The van der Waals surface area contributed by atoms with Crippen LogP contribution in [0.1, 0.15) is 12.0 Å². The molecule has 4 heterocycles. The third-order valence-corrected chi connectivity index (χ3v) is 6.45. The van der Waals surface area contributed by atoms with Crippen LogP contribution in [-0.2, 0) is 4.74 Å². The van der Waals surface area contributed by atoms with Crippen molar-refractivity contribution in [1.29, 1.82) is 0 Å². The molecule has 186 valence electrons. The minimum atomic E-state index is -0.698. The monoisotopic (exact) mass is 501 g/mol. The van der Waals surface area contributed by atoms with Crippen molar-refractivity contribution < 1.29 is 23.7 Å². The largest absolute Gasteiger partial charge is 0.491 e. The van der Waals surface area contributed by atoms with Gasteiger partial charge in [-0.05, 0) is 18.6 Å². The number of carbonyl (C=O) groups is 1. The number of fused-ring (bicyclic) bond motifs is 3. The van der Waals surface area contributed by atoms with Crippen LogP contribution in [0.4, 0.5) is 15.6 Å². The Balaban J connectivity index is 1.31. The van der Waals surface area contributed by atoms with Gasteiger partial charge in [0.05, 0.1) is 39.7 Å². The number of nitrogen functional groups attached to an aromatic ring is 1. The second kappa shape index (κ2) is 10.5. The molecule has 3 aliphatic rings. The summed E-state index contributed by atoms with van der Waals surface area (Å²) in [5.41, 5.74) is 6.97. The van der Waals surface area contributed by atoms with Gasteiger partial charge in [-0.3, -0.25) is 20.1 Å². The number of amidine groups is 1. The maximum absolute atomic E-state index is 12.5. The smallest absolute Gasteiger partial charge is 0.420 e. The quantitative estimate of drug-likeness (QED) is 0.543. The first kappa shape index (κ1) is 23.3. The molecule has 0 atom stereocenters. The van der Waals surface area contributed by atoms with E-state index in [4.69, 9.17) is 29.7 Å². The van der Waals surface area contributed by atoms with E-state index in [2.05, 4.69) is 20.2 Å². The topological polar surface area (TPSA) is 136 Å². The minimum Gasteiger partial charge on any atom is -0.491 e. The predicted octanol–water partition coefficient (Wildman–Crippen LogP) is 1.69. The van der Waals surface area contributed by atoms with Gasteiger partial charge in [-0.1, -0.05) is 11.3 Å². The Morgan fingerprint density at radius 1 is 1.29 bits per heavy atom. The van der Waals surface area contributed by atoms with E-state index < -0.39 is 6.09 Å². The molecule has 2 aromatic rings. The standard InChI is InChI=1S/C22H27N7O5S/c1-31-18-15(33-10-2-6-28-8-11-32-12-9-28)4-3-14-17(18)26-21(29-7-5-24-19(14)29)27-22(30)34-16-13-25-20(23)35-16/h3-4,13H,2,5-12H2,1H3,(H2,23,25)(H,26,27,30). The van der Waals surface area contributed by atoms with E-state index in [0.717, 1.165) is 56.2 Å². The Bertz CT molecular complexity index is 1150. The molecule has 1 amide bonds. The second-order valence-electron chi connectivity index (χ2n) is 7.97. The number of amides is 1. The van der Waals surface area contributed by atoms with Gasteiger partial charge in [0.15, 0.2) is 16.6 Å². The number of rotatable bonds is 7. The van der Waals surface area contributed by atoms with Crippen molar-refractivity contribution in [2.24, 2.45) is 9.98 Å². The summed E-state index contributed by atoms with van der Waals surface area (Å²) < 4.78 is 22.4. The number of nitrogens with zero attached hydrogens (tertiary/aromatic N) is 5. The SMILES string of the molecule is COc1c(OCCCN2CCOCC2)ccc2c1N=C(NC(=O)Oc1cnc(N)s1)N1CCN=C21. The van der Waals surface area contributed by atoms with Crippen molar-refractivity contribution >= 4 is 40.0 Å². The molecule has 1 aromatic heterocycles. The number of guanidine groups is 1. The molecule has 0 saturated carbocycles. The van der Waals surface area contributed by atoms with Crippen LogP contribution in [0.15, 0.2) is 28.3 Å². The van der Waals surface area contributed by atoms with Crippen molar-refractivity contribution in [3.63, 3.8) is 0 Å². The zero-order valence-corrected chi connectivity index (χ0v) is 20.2. The lowest BCUT2D eigenvalue weighted by atomic mass is 10.1. The highest BCUT2D eigenvalue weighted by atomic mass is 32.1. The summed E-state index contributed by atoms with van der Waals surface area (Å²) >= 11 is 1.07. The normalized spacial score (nSPS) is 17.2. The number of carbonyl (C=O) groups excluding carboxylic acids is 1. The molecule has 3 N–H and O–H groups in total. The highest BCUT2D eigenvalue weighted by Crippen LogP contribution is 2.43. The molecule has 1 saturated heterocycles. The number of anilines is 1. The summed E-state index contributed by atoms with van der Waals surface area (Å²) in [6.45, 7) is 6.11. The maximum Gasteiger partial charge on any atom is 0.420 e. The van der Waals surface area contributed by atoms with E-state index in [1.807, 2.05) is 17.0 Å². The van der Waals surface area contributed by atoms with Crippen molar-refractivity contribution in [1.82, 2.24) is 20.1 Å². The molecular weight excluding hydrogens is 474 g/mol. The molecule has 35 heavy (non-hydrogen) atoms. The van der Waals surface area contributed by atoms with Crippen molar-refractivity contribution in [3.8, 4) is 16.6 Å².